The predicted octanol–water partition coefficient (Wildman–Crippen LogP) is 2.80. The Morgan fingerprint density at radius 3 is 1.50 bits per heavy atom. The molecule has 0 saturated carbocycles. The van der Waals surface area contributed by atoms with Crippen LogP contribution in [0.2, 0.25) is 0 Å². The molecule has 0 N–H and O–H groups in total. The fourth-order valence-corrected chi connectivity index (χ4v) is 2.34. The van der Waals surface area contributed by atoms with E-state index in [0.717, 1.165) is 11.8 Å². The first kappa shape index (κ1) is 10.6. The molecule has 0 bridgehead atoms. The molecule has 0 saturated heterocycles. The van der Waals surface area contributed by atoms with Crippen molar-refractivity contribution in [3.05, 3.63) is 0 Å². The molecule has 0 aliphatic carbocycles. The van der Waals surface area contributed by atoms with Crippen molar-refractivity contribution in [2.75, 3.05) is 0 Å². The molecule has 0 heterocycles. The third kappa shape index (κ3) is 6.70. The first-order valence-corrected chi connectivity index (χ1v) is 4.86. The average molecular weight is 174 g/mol. The van der Waals surface area contributed by atoms with Crippen molar-refractivity contribution in [2.45, 2.75) is 40.5 Å². The molecule has 56 valence electrons. The molecule has 0 atom stereocenters. The molecular weight excluding hydrogens is 156 g/mol. The van der Waals surface area contributed by atoms with Crippen molar-refractivity contribution < 1.29 is 20.0 Å². The van der Waals surface area contributed by atoms with Gasteiger partial charge in [-0.15, -0.1) is 0 Å². The van der Waals surface area contributed by atoms with E-state index in [1.165, 1.54) is 12.8 Å². The maximum atomic E-state index is 2.28. The van der Waals surface area contributed by atoms with E-state index in [9.17, 15) is 0 Å². The van der Waals surface area contributed by atoms with E-state index in [-0.39, 0.29) is 0 Å². The van der Waals surface area contributed by atoms with Crippen LogP contribution in [0.5, 0.6) is 0 Å². The summed E-state index contributed by atoms with van der Waals surface area (Å²) in [5.74, 6) is 1.66. The monoisotopic (exact) mass is 174 g/mol. The van der Waals surface area contributed by atoms with Gasteiger partial charge in [0.2, 0.25) is 0 Å². The van der Waals surface area contributed by atoms with Gasteiger partial charge in [0.25, 0.3) is 0 Å². The Balaban J connectivity index is 3.44. The Kier molecular flexibility index (Phi) is 5.57. The van der Waals surface area contributed by atoms with Gasteiger partial charge < -0.3 is 0 Å². The molecule has 0 aromatic heterocycles. The molecule has 0 radical (unpaired) electrons. The summed E-state index contributed by atoms with van der Waals surface area (Å²) < 4.78 is 1.66. The van der Waals surface area contributed by atoms with Crippen molar-refractivity contribution in [1.82, 2.24) is 0 Å². The van der Waals surface area contributed by atoms with Gasteiger partial charge in [0.15, 0.2) is 0 Å². The van der Waals surface area contributed by atoms with Crippen LogP contribution in [-0.2, 0) is 20.0 Å². The van der Waals surface area contributed by atoms with E-state index < -0.39 is 0 Å². The quantitative estimate of drug-likeness (QED) is 0.575. The topological polar surface area (TPSA) is 0 Å². The molecule has 0 rings (SSSR count). The molecule has 0 aromatic carbocycles. The van der Waals surface area contributed by atoms with Crippen LogP contribution < -0.4 is 0 Å². The minimum absolute atomic E-state index is 0.832. The summed E-state index contributed by atoms with van der Waals surface area (Å²) in [5, 5.41) is 0. The number of hydrogen-bond acceptors (Lipinski definition) is 0. The summed E-state index contributed by atoms with van der Waals surface area (Å²) in [5.41, 5.74) is 0. The van der Waals surface area contributed by atoms with E-state index in [2.05, 4.69) is 47.7 Å². The SMILES string of the molecule is CC(C)C[C](=[Ti+2])CC(C)C. The number of hydrogen-bond donors (Lipinski definition) is 0. The Bertz CT molecular complexity index is 91.3. The number of rotatable bonds is 4. The van der Waals surface area contributed by atoms with Gasteiger partial charge in [-0.2, -0.15) is 0 Å². The van der Waals surface area contributed by atoms with Gasteiger partial charge in [0.05, 0.1) is 0 Å². The van der Waals surface area contributed by atoms with Crippen LogP contribution in [0.3, 0.4) is 0 Å². The van der Waals surface area contributed by atoms with Gasteiger partial charge in [-0.25, -0.2) is 0 Å². The second kappa shape index (κ2) is 5.26. The fourth-order valence-electron chi connectivity index (χ4n) is 1.07. The Morgan fingerprint density at radius 2 is 1.30 bits per heavy atom. The van der Waals surface area contributed by atoms with E-state index in [1.807, 2.05) is 0 Å². The summed E-state index contributed by atoms with van der Waals surface area (Å²) in [4.78, 5) is 0. The van der Waals surface area contributed by atoms with Crippen molar-refractivity contribution >= 4 is 3.81 Å². The molecule has 0 aliphatic rings. The van der Waals surface area contributed by atoms with E-state index >= 15 is 0 Å². The molecule has 0 amide bonds. The summed E-state index contributed by atoms with van der Waals surface area (Å²) in [6.07, 6.45) is 2.61. The zero-order valence-electron chi connectivity index (χ0n) is 7.57. The second-order valence-electron chi connectivity index (χ2n) is 3.80. The summed E-state index contributed by atoms with van der Waals surface area (Å²) in [6.45, 7) is 9.13. The van der Waals surface area contributed by atoms with Crippen molar-refractivity contribution in [1.29, 1.82) is 0 Å². The van der Waals surface area contributed by atoms with E-state index in [1.54, 1.807) is 3.81 Å². The first-order chi connectivity index (χ1) is 4.52. The molecule has 0 aromatic rings. The zero-order valence-corrected chi connectivity index (χ0v) is 9.13. The molecule has 0 aliphatic heterocycles. The second-order valence-corrected chi connectivity index (χ2v) is 4.90. The van der Waals surface area contributed by atoms with Gasteiger partial charge in [-0.1, -0.05) is 0 Å². The van der Waals surface area contributed by atoms with Crippen molar-refractivity contribution in [3.63, 3.8) is 0 Å². The van der Waals surface area contributed by atoms with Gasteiger partial charge in [0.1, 0.15) is 0 Å². The Labute approximate surface area is 76.3 Å². The molecule has 0 unspecified atom stereocenters. The van der Waals surface area contributed by atoms with Gasteiger partial charge in [0, 0.05) is 0 Å². The normalized spacial score (nSPS) is 11.2. The molecule has 0 spiro atoms. The Hall–Kier alpha value is 0.584. The van der Waals surface area contributed by atoms with Crippen LogP contribution in [0.25, 0.3) is 0 Å². The molecule has 0 nitrogen and oxygen atoms in total. The fraction of sp³-hybridized carbons (Fsp3) is 0.889. The van der Waals surface area contributed by atoms with Crippen molar-refractivity contribution in [3.8, 4) is 0 Å². The third-order valence-corrected chi connectivity index (χ3v) is 1.95. The standard InChI is InChI=1S/C9H18.Ti/c1-8(2)6-5-7-9(3)4;/h8-9H,6-7H2,1-4H3;/q;+2. The van der Waals surface area contributed by atoms with Crippen LogP contribution in [0.1, 0.15) is 40.5 Å². The first-order valence-electron chi connectivity index (χ1n) is 4.08. The summed E-state index contributed by atoms with van der Waals surface area (Å²) >= 11 is 2.28. The molecule has 1 heteroatoms. The molecule has 0 fully saturated rings. The molecule has 10 heavy (non-hydrogen) atoms. The zero-order chi connectivity index (χ0) is 8.15. The van der Waals surface area contributed by atoms with Gasteiger partial charge in [-0.3, -0.25) is 0 Å². The van der Waals surface area contributed by atoms with Crippen LogP contribution in [-0.4, -0.2) is 3.81 Å². The van der Waals surface area contributed by atoms with Crippen LogP contribution >= 0.6 is 0 Å². The van der Waals surface area contributed by atoms with E-state index in [0.29, 0.717) is 0 Å². The van der Waals surface area contributed by atoms with Gasteiger partial charge in [-0.05, 0) is 0 Å². The van der Waals surface area contributed by atoms with Crippen LogP contribution in [0.15, 0.2) is 0 Å². The van der Waals surface area contributed by atoms with Crippen LogP contribution in [0, 0.1) is 11.8 Å². The van der Waals surface area contributed by atoms with E-state index in [4.69, 9.17) is 0 Å². The minimum atomic E-state index is 0.832. The van der Waals surface area contributed by atoms with Crippen molar-refractivity contribution in [2.24, 2.45) is 11.8 Å². The average Bonchev–Trinajstić information content (AvgIpc) is 1.58. The van der Waals surface area contributed by atoms with Gasteiger partial charge >= 0.3 is 76.2 Å². The predicted molar refractivity (Wildman–Crippen MR) is 43.9 cm³/mol. The maximum absolute atomic E-state index is 2.28. The summed E-state index contributed by atoms with van der Waals surface area (Å²) in [6, 6.07) is 0. The third-order valence-electron chi connectivity index (χ3n) is 1.31. The molecular formula is C9H18Ti+2. The van der Waals surface area contributed by atoms with Crippen LogP contribution in [0.4, 0.5) is 0 Å². The summed E-state index contributed by atoms with van der Waals surface area (Å²) in [7, 11) is 0. The Morgan fingerprint density at radius 1 is 1.00 bits per heavy atom.